The van der Waals surface area contributed by atoms with Gasteiger partial charge in [0, 0.05) is 46.3 Å². The second kappa shape index (κ2) is 9.71. The van der Waals surface area contributed by atoms with Gasteiger partial charge in [-0.05, 0) is 25.5 Å². The quantitative estimate of drug-likeness (QED) is 0.435. The van der Waals surface area contributed by atoms with Crippen molar-refractivity contribution in [1.82, 2.24) is 19.8 Å². The highest BCUT2D eigenvalue weighted by Gasteiger charge is 2.24. The third kappa shape index (κ3) is 4.99. The first kappa shape index (κ1) is 19.6. The molecular weight excluding hydrogens is 342 g/mol. The van der Waals surface area contributed by atoms with Gasteiger partial charge in [0.05, 0.1) is 30.9 Å². The van der Waals surface area contributed by atoms with Crippen molar-refractivity contribution in [1.29, 1.82) is 0 Å². The molecule has 1 aromatic carbocycles. The molecule has 1 atom stereocenters. The van der Waals surface area contributed by atoms with Gasteiger partial charge in [0.2, 0.25) is 0 Å². The molecule has 0 spiro atoms. The van der Waals surface area contributed by atoms with Gasteiger partial charge < -0.3 is 24.3 Å². The minimum atomic E-state index is 0.556. The highest BCUT2D eigenvalue weighted by Crippen LogP contribution is 2.17. The molecule has 1 fully saturated rings. The molecule has 1 aromatic heterocycles. The van der Waals surface area contributed by atoms with Crippen LogP contribution in [0.25, 0.3) is 11.0 Å². The van der Waals surface area contributed by atoms with Crippen LogP contribution in [0, 0.1) is 12.8 Å². The van der Waals surface area contributed by atoms with E-state index >= 15 is 0 Å². The van der Waals surface area contributed by atoms with Crippen LogP contribution in [0.15, 0.2) is 29.3 Å². The highest BCUT2D eigenvalue weighted by molar-refractivity contribution is 5.80. The number of hydrogen-bond donors (Lipinski definition) is 1. The van der Waals surface area contributed by atoms with Crippen LogP contribution in [0.1, 0.15) is 12.2 Å². The Bertz CT molecular complexity index is 758. The Morgan fingerprint density at radius 3 is 3.00 bits per heavy atom. The Balaban J connectivity index is 1.48. The van der Waals surface area contributed by atoms with Gasteiger partial charge in [0.15, 0.2) is 5.96 Å². The van der Waals surface area contributed by atoms with E-state index in [-0.39, 0.29) is 0 Å². The maximum atomic E-state index is 5.68. The molecule has 7 nitrogen and oxygen atoms in total. The number of para-hydroxylation sites is 2. The summed E-state index contributed by atoms with van der Waals surface area (Å²) in [6.45, 7) is 7.85. The minimum Gasteiger partial charge on any atom is -0.382 e. The van der Waals surface area contributed by atoms with Gasteiger partial charge in [-0.15, -0.1) is 0 Å². The molecule has 0 amide bonds. The summed E-state index contributed by atoms with van der Waals surface area (Å²) in [5.74, 6) is 2.57. The van der Waals surface area contributed by atoms with E-state index < -0.39 is 0 Å². The van der Waals surface area contributed by atoms with Crippen LogP contribution in [0.2, 0.25) is 0 Å². The lowest BCUT2D eigenvalue weighted by atomic mass is 10.1. The van der Waals surface area contributed by atoms with E-state index in [1.165, 1.54) is 5.52 Å². The fourth-order valence-electron chi connectivity index (χ4n) is 3.64. The zero-order valence-corrected chi connectivity index (χ0v) is 16.6. The van der Waals surface area contributed by atoms with Crippen LogP contribution >= 0.6 is 0 Å². The maximum Gasteiger partial charge on any atom is 0.193 e. The summed E-state index contributed by atoms with van der Waals surface area (Å²) in [7, 11) is 3.55. The Labute approximate surface area is 161 Å². The van der Waals surface area contributed by atoms with Crippen LogP contribution in [0.4, 0.5) is 0 Å². The summed E-state index contributed by atoms with van der Waals surface area (Å²) in [6.07, 6.45) is 1.14. The first-order valence-corrected chi connectivity index (χ1v) is 9.67. The van der Waals surface area contributed by atoms with Crippen molar-refractivity contribution in [2.24, 2.45) is 10.9 Å². The monoisotopic (exact) mass is 373 g/mol. The molecule has 0 aliphatic carbocycles. The predicted molar refractivity (Wildman–Crippen MR) is 108 cm³/mol. The van der Waals surface area contributed by atoms with Gasteiger partial charge in [0.25, 0.3) is 0 Å². The summed E-state index contributed by atoms with van der Waals surface area (Å²) >= 11 is 0. The number of rotatable bonds is 8. The van der Waals surface area contributed by atoms with Gasteiger partial charge in [-0.3, -0.25) is 4.99 Å². The van der Waals surface area contributed by atoms with Gasteiger partial charge in [-0.1, -0.05) is 12.1 Å². The third-order valence-corrected chi connectivity index (χ3v) is 5.05. The molecule has 1 saturated heterocycles. The number of aromatic nitrogens is 2. The minimum absolute atomic E-state index is 0.556. The van der Waals surface area contributed by atoms with Crippen molar-refractivity contribution in [2.75, 3.05) is 53.6 Å². The van der Waals surface area contributed by atoms with Crippen LogP contribution in [0.3, 0.4) is 0 Å². The largest absolute Gasteiger partial charge is 0.382 e. The van der Waals surface area contributed by atoms with Gasteiger partial charge in [-0.2, -0.15) is 0 Å². The Kier molecular flexibility index (Phi) is 7.06. The third-order valence-electron chi connectivity index (χ3n) is 5.05. The lowest BCUT2D eigenvalue weighted by Gasteiger charge is -2.22. The molecule has 0 radical (unpaired) electrons. The number of imidazole rings is 1. The van der Waals surface area contributed by atoms with Crippen LogP contribution < -0.4 is 5.32 Å². The van der Waals surface area contributed by atoms with Gasteiger partial charge >= 0.3 is 0 Å². The number of aliphatic imine (C=N–C) groups is 1. The lowest BCUT2D eigenvalue weighted by molar-refractivity contribution is 0.0536. The number of nitrogens with zero attached hydrogens (tertiary/aromatic N) is 4. The van der Waals surface area contributed by atoms with Gasteiger partial charge in [0.1, 0.15) is 5.82 Å². The first-order chi connectivity index (χ1) is 13.2. The van der Waals surface area contributed by atoms with Crippen LogP contribution in [-0.4, -0.2) is 74.0 Å². The zero-order chi connectivity index (χ0) is 19.1. The predicted octanol–water partition coefficient (Wildman–Crippen LogP) is 1.91. The SMILES string of the molecule is CN=C(NCCn1c(C)nc2ccccc21)N1CCC(COCCOC)C1. The molecule has 148 valence electrons. The van der Waals surface area contributed by atoms with E-state index in [0.717, 1.165) is 56.5 Å². The molecule has 0 saturated carbocycles. The van der Waals surface area contributed by atoms with E-state index in [0.29, 0.717) is 19.1 Å². The average Bonchev–Trinajstić information content (AvgIpc) is 3.27. The van der Waals surface area contributed by atoms with Crippen LogP contribution in [-0.2, 0) is 16.0 Å². The maximum absolute atomic E-state index is 5.68. The second-order valence-electron chi connectivity index (χ2n) is 6.94. The molecule has 2 aromatic rings. The number of likely N-dealkylation sites (tertiary alicyclic amines) is 1. The summed E-state index contributed by atoms with van der Waals surface area (Å²) in [5.41, 5.74) is 2.23. The van der Waals surface area contributed by atoms with E-state index in [2.05, 4.69) is 49.9 Å². The van der Waals surface area contributed by atoms with Crippen molar-refractivity contribution >= 4 is 17.0 Å². The molecular formula is C20H31N5O2. The average molecular weight is 374 g/mol. The zero-order valence-electron chi connectivity index (χ0n) is 16.6. The molecule has 27 heavy (non-hydrogen) atoms. The van der Waals surface area contributed by atoms with Crippen molar-refractivity contribution in [3.8, 4) is 0 Å². The van der Waals surface area contributed by atoms with Gasteiger partial charge in [-0.25, -0.2) is 4.98 Å². The molecule has 0 bridgehead atoms. The molecule has 3 rings (SSSR count). The Morgan fingerprint density at radius 1 is 1.33 bits per heavy atom. The molecule has 1 aliphatic heterocycles. The number of nitrogens with one attached hydrogen (secondary N) is 1. The Morgan fingerprint density at radius 2 is 2.19 bits per heavy atom. The fourth-order valence-corrected chi connectivity index (χ4v) is 3.64. The summed E-state index contributed by atoms with van der Waals surface area (Å²) in [4.78, 5) is 11.4. The fraction of sp³-hybridized carbons (Fsp3) is 0.600. The molecule has 1 N–H and O–H groups in total. The number of benzene rings is 1. The highest BCUT2D eigenvalue weighted by atomic mass is 16.5. The summed E-state index contributed by atoms with van der Waals surface area (Å²) in [5, 5.41) is 3.51. The molecule has 2 heterocycles. The second-order valence-corrected chi connectivity index (χ2v) is 6.94. The van der Waals surface area contributed by atoms with Crippen molar-refractivity contribution in [2.45, 2.75) is 19.9 Å². The molecule has 1 aliphatic rings. The summed E-state index contributed by atoms with van der Waals surface area (Å²) in [6, 6.07) is 8.27. The number of aryl methyl sites for hydroxylation is 1. The smallest absolute Gasteiger partial charge is 0.193 e. The number of methoxy groups -OCH3 is 1. The lowest BCUT2D eigenvalue weighted by Crippen LogP contribution is -2.41. The molecule has 1 unspecified atom stereocenters. The molecule has 7 heteroatoms. The van der Waals surface area contributed by atoms with Crippen LogP contribution in [0.5, 0.6) is 0 Å². The van der Waals surface area contributed by atoms with E-state index in [4.69, 9.17) is 9.47 Å². The number of ether oxygens (including phenoxy) is 2. The number of fused-ring (bicyclic) bond motifs is 1. The van der Waals surface area contributed by atoms with E-state index in [1.54, 1.807) is 7.11 Å². The topological polar surface area (TPSA) is 63.9 Å². The summed E-state index contributed by atoms with van der Waals surface area (Å²) < 4.78 is 13.0. The van der Waals surface area contributed by atoms with E-state index in [9.17, 15) is 0 Å². The van der Waals surface area contributed by atoms with Crippen molar-refractivity contribution in [3.05, 3.63) is 30.1 Å². The van der Waals surface area contributed by atoms with Crippen molar-refractivity contribution < 1.29 is 9.47 Å². The van der Waals surface area contributed by atoms with Crippen molar-refractivity contribution in [3.63, 3.8) is 0 Å². The number of guanidine groups is 1. The Hall–Kier alpha value is -2.12. The first-order valence-electron chi connectivity index (χ1n) is 9.67. The standard InChI is InChI=1S/C20H31N5O2/c1-16-23-18-6-4-5-7-19(18)25(16)11-9-22-20(21-2)24-10-8-17(14-24)15-27-13-12-26-3/h4-7,17H,8-15H2,1-3H3,(H,21,22). The van der Waals surface area contributed by atoms with E-state index in [1.807, 2.05) is 13.1 Å². The number of hydrogen-bond acceptors (Lipinski definition) is 4. The normalized spacial score (nSPS) is 17.8.